The third-order valence-corrected chi connectivity index (χ3v) is 3.94. The first-order valence-electron chi connectivity index (χ1n) is 7.62. The van der Waals surface area contributed by atoms with Crippen LogP contribution in [-0.4, -0.2) is 21.1 Å². The Balaban J connectivity index is 1.91. The smallest absolute Gasteiger partial charge is 0.216 e. The number of hydrogen-bond donors (Lipinski definition) is 1. The highest BCUT2D eigenvalue weighted by molar-refractivity contribution is 7.71. The number of nitrogens with one attached hydrogen (secondary N) is 1. The van der Waals surface area contributed by atoms with Crippen molar-refractivity contribution in [1.82, 2.24) is 14.9 Å². The molecule has 1 aromatic heterocycles. The van der Waals surface area contributed by atoms with Crippen LogP contribution in [-0.2, 0) is 0 Å². The number of benzene rings is 2. The van der Waals surface area contributed by atoms with E-state index in [1.54, 1.807) is 18.3 Å². The lowest BCUT2D eigenvalue weighted by Crippen LogP contribution is -1.95. The second-order valence-corrected chi connectivity index (χ2v) is 6.12. The zero-order chi connectivity index (χ0) is 17.1. The first-order valence-corrected chi connectivity index (χ1v) is 8.03. The summed E-state index contributed by atoms with van der Waals surface area (Å²) in [6.07, 6.45) is 1.72. The number of H-pyrrole nitrogens is 1. The zero-order valence-corrected chi connectivity index (χ0v) is 14.2. The molecule has 0 radical (unpaired) electrons. The largest absolute Gasteiger partial charge is 0.250 e. The fourth-order valence-corrected chi connectivity index (χ4v) is 2.46. The highest BCUT2D eigenvalue weighted by atomic mass is 32.1. The van der Waals surface area contributed by atoms with Gasteiger partial charge >= 0.3 is 0 Å². The van der Waals surface area contributed by atoms with Gasteiger partial charge in [0.2, 0.25) is 4.77 Å². The Hall–Kier alpha value is -2.60. The van der Waals surface area contributed by atoms with Crippen molar-refractivity contribution in [1.29, 1.82) is 0 Å². The van der Waals surface area contributed by atoms with Gasteiger partial charge in [-0.3, -0.25) is 0 Å². The standard InChI is InChI=1S/C18H17FN4S/c1-12(2)14-5-3-13(4-6-14)11-20-23-17(21-22-18(23)24)15-7-9-16(19)10-8-15/h3-12H,1-2H3,(H,22,24)/b20-11-. The van der Waals surface area contributed by atoms with Crippen molar-refractivity contribution >= 4 is 18.4 Å². The molecule has 0 aliphatic rings. The molecule has 3 aromatic rings. The van der Waals surface area contributed by atoms with E-state index in [1.807, 2.05) is 12.1 Å². The molecule has 0 aliphatic carbocycles. The van der Waals surface area contributed by atoms with Gasteiger partial charge in [-0.1, -0.05) is 38.1 Å². The van der Waals surface area contributed by atoms with Crippen LogP contribution >= 0.6 is 12.2 Å². The molecule has 0 unspecified atom stereocenters. The van der Waals surface area contributed by atoms with Crippen LogP contribution < -0.4 is 0 Å². The Morgan fingerprint density at radius 3 is 2.42 bits per heavy atom. The molecule has 0 bridgehead atoms. The predicted octanol–water partition coefficient (Wildman–Crippen LogP) is 4.75. The Morgan fingerprint density at radius 2 is 1.79 bits per heavy atom. The highest BCUT2D eigenvalue weighted by Crippen LogP contribution is 2.18. The SMILES string of the molecule is CC(C)c1ccc(/C=N\n2c(-c3ccc(F)cc3)n[nH]c2=S)cc1. The van der Waals surface area contributed by atoms with Crippen LogP contribution in [0.3, 0.4) is 0 Å². The molecule has 0 saturated carbocycles. The quantitative estimate of drug-likeness (QED) is 0.550. The fraction of sp³-hybridized carbons (Fsp3) is 0.167. The van der Waals surface area contributed by atoms with Gasteiger partial charge in [-0.05, 0) is 53.5 Å². The fourth-order valence-electron chi connectivity index (χ4n) is 2.28. The summed E-state index contributed by atoms with van der Waals surface area (Å²) in [6, 6.07) is 14.2. The Morgan fingerprint density at radius 1 is 1.12 bits per heavy atom. The number of halogens is 1. The van der Waals surface area contributed by atoms with E-state index in [-0.39, 0.29) is 5.82 Å². The van der Waals surface area contributed by atoms with Crippen molar-refractivity contribution < 1.29 is 4.39 Å². The molecule has 1 N–H and O–H groups in total. The molecule has 1 heterocycles. The van der Waals surface area contributed by atoms with Crippen LogP contribution in [0.15, 0.2) is 53.6 Å². The molecule has 0 atom stereocenters. The molecule has 122 valence electrons. The summed E-state index contributed by atoms with van der Waals surface area (Å²) in [5.41, 5.74) is 2.97. The monoisotopic (exact) mass is 340 g/mol. The Kier molecular flexibility index (Phi) is 4.66. The Labute approximate surface area is 144 Å². The maximum absolute atomic E-state index is 13.1. The molecule has 0 amide bonds. The van der Waals surface area contributed by atoms with Crippen LogP contribution in [0, 0.1) is 10.6 Å². The van der Waals surface area contributed by atoms with Gasteiger partial charge in [-0.25, -0.2) is 9.49 Å². The van der Waals surface area contributed by atoms with Gasteiger partial charge in [0.05, 0.1) is 6.21 Å². The second kappa shape index (κ2) is 6.88. The van der Waals surface area contributed by atoms with Gasteiger partial charge < -0.3 is 0 Å². The van der Waals surface area contributed by atoms with Gasteiger partial charge in [0.15, 0.2) is 5.82 Å². The van der Waals surface area contributed by atoms with Crippen LogP contribution in [0.1, 0.15) is 30.9 Å². The summed E-state index contributed by atoms with van der Waals surface area (Å²) in [5.74, 6) is 0.729. The van der Waals surface area contributed by atoms with E-state index in [4.69, 9.17) is 12.2 Å². The summed E-state index contributed by atoms with van der Waals surface area (Å²) in [6.45, 7) is 4.31. The summed E-state index contributed by atoms with van der Waals surface area (Å²) < 4.78 is 15.0. The van der Waals surface area contributed by atoms with Gasteiger partial charge in [0, 0.05) is 5.56 Å². The summed E-state index contributed by atoms with van der Waals surface area (Å²) in [5, 5.41) is 11.3. The average Bonchev–Trinajstić information content (AvgIpc) is 2.95. The molecule has 0 spiro atoms. The second-order valence-electron chi connectivity index (χ2n) is 5.74. The minimum Gasteiger partial charge on any atom is -0.250 e. The van der Waals surface area contributed by atoms with Crippen LogP contribution in [0.25, 0.3) is 11.4 Å². The van der Waals surface area contributed by atoms with E-state index >= 15 is 0 Å². The van der Waals surface area contributed by atoms with Crippen molar-refractivity contribution in [2.24, 2.45) is 5.10 Å². The molecule has 4 nitrogen and oxygen atoms in total. The number of aromatic nitrogens is 3. The summed E-state index contributed by atoms with van der Waals surface area (Å²) in [4.78, 5) is 0. The van der Waals surface area contributed by atoms with Crippen LogP contribution in [0.2, 0.25) is 0 Å². The van der Waals surface area contributed by atoms with E-state index in [1.165, 1.54) is 22.4 Å². The normalized spacial score (nSPS) is 11.5. The number of hydrogen-bond acceptors (Lipinski definition) is 3. The van der Waals surface area contributed by atoms with E-state index in [2.05, 4.69) is 41.3 Å². The summed E-state index contributed by atoms with van der Waals surface area (Å²) >= 11 is 5.23. The van der Waals surface area contributed by atoms with Crippen molar-refractivity contribution in [3.05, 3.63) is 70.2 Å². The van der Waals surface area contributed by atoms with Crippen molar-refractivity contribution in [3.63, 3.8) is 0 Å². The van der Waals surface area contributed by atoms with E-state index in [9.17, 15) is 4.39 Å². The molecule has 0 saturated heterocycles. The first kappa shape index (κ1) is 16.3. The maximum Gasteiger partial charge on any atom is 0.216 e. The third kappa shape index (κ3) is 3.49. The minimum atomic E-state index is -0.298. The highest BCUT2D eigenvalue weighted by Gasteiger charge is 2.08. The van der Waals surface area contributed by atoms with Gasteiger partial charge in [-0.15, -0.1) is 0 Å². The molecular weight excluding hydrogens is 323 g/mol. The average molecular weight is 340 g/mol. The molecule has 0 aliphatic heterocycles. The molecule has 2 aromatic carbocycles. The lowest BCUT2D eigenvalue weighted by atomic mass is 10.0. The lowest BCUT2D eigenvalue weighted by molar-refractivity contribution is 0.628. The van der Waals surface area contributed by atoms with Gasteiger partial charge in [-0.2, -0.15) is 14.9 Å². The van der Waals surface area contributed by atoms with E-state index in [0.29, 0.717) is 16.5 Å². The van der Waals surface area contributed by atoms with Crippen molar-refractivity contribution in [2.75, 3.05) is 0 Å². The number of aromatic amines is 1. The van der Waals surface area contributed by atoms with E-state index < -0.39 is 0 Å². The van der Waals surface area contributed by atoms with Gasteiger partial charge in [0.1, 0.15) is 5.82 Å². The zero-order valence-electron chi connectivity index (χ0n) is 13.4. The maximum atomic E-state index is 13.1. The van der Waals surface area contributed by atoms with Crippen molar-refractivity contribution in [3.8, 4) is 11.4 Å². The predicted molar refractivity (Wildman–Crippen MR) is 96.3 cm³/mol. The van der Waals surface area contributed by atoms with E-state index in [0.717, 1.165) is 11.1 Å². The molecule has 0 fully saturated rings. The minimum absolute atomic E-state index is 0.298. The summed E-state index contributed by atoms with van der Waals surface area (Å²) in [7, 11) is 0. The Bertz CT molecular complexity index is 905. The molecule has 3 rings (SSSR count). The van der Waals surface area contributed by atoms with Gasteiger partial charge in [0.25, 0.3) is 0 Å². The number of nitrogens with zero attached hydrogens (tertiary/aromatic N) is 3. The molecule has 24 heavy (non-hydrogen) atoms. The van der Waals surface area contributed by atoms with Crippen LogP contribution in [0.5, 0.6) is 0 Å². The number of rotatable bonds is 4. The van der Waals surface area contributed by atoms with Crippen molar-refractivity contribution in [2.45, 2.75) is 19.8 Å². The lowest BCUT2D eigenvalue weighted by Gasteiger charge is -2.04. The molecular formula is C18H17FN4S. The molecule has 6 heteroatoms. The third-order valence-electron chi connectivity index (χ3n) is 3.68. The van der Waals surface area contributed by atoms with Crippen LogP contribution in [0.4, 0.5) is 4.39 Å². The topological polar surface area (TPSA) is 46.0 Å². The first-order chi connectivity index (χ1) is 11.5.